The van der Waals surface area contributed by atoms with E-state index in [1.54, 1.807) is 0 Å². The average Bonchev–Trinajstić information content (AvgIpc) is 3.94. The monoisotopic (exact) mass is 724 g/mol. The minimum absolute atomic E-state index is 0.171. The van der Waals surface area contributed by atoms with Crippen LogP contribution in [-0.2, 0) is 0 Å². The highest BCUT2D eigenvalue weighted by molar-refractivity contribution is 6.12. The number of rotatable bonds is 5. The van der Waals surface area contributed by atoms with Crippen LogP contribution in [0.1, 0.15) is 45.2 Å². The van der Waals surface area contributed by atoms with E-state index in [4.69, 9.17) is 4.42 Å². The molecule has 2 aliphatic rings. The van der Waals surface area contributed by atoms with E-state index in [2.05, 4.69) is 200 Å². The summed E-state index contributed by atoms with van der Waals surface area (Å²) in [4.78, 5) is 0. The number of para-hydroxylation sites is 1. The molecule has 0 radical (unpaired) electrons. The van der Waals surface area contributed by atoms with Gasteiger partial charge in [0.25, 0.3) is 0 Å². The second kappa shape index (κ2) is 12.7. The van der Waals surface area contributed by atoms with Crippen molar-refractivity contribution in [2.24, 2.45) is 0 Å². The Morgan fingerprint density at radius 1 is 0.281 bits per heavy atom. The van der Waals surface area contributed by atoms with E-state index in [1.807, 2.05) is 6.07 Å². The molecular weight excluding hydrogens is 689 g/mol. The van der Waals surface area contributed by atoms with Crippen molar-refractivity contribution in [3.63, 3.8) is 0 Å². The summed E-state index contributed by atoms with van der Waals surface area (Å²) in [5, 5.41) is 2.33. The number of furan rings is 1. The maximum absolute atomic E-state index is 6.22. The number of benzene rings is 9. The molecule has 0 spiro atoms. The Morgan fingerprint density at radius 3 is 1.51 bits per heavy atom. The Bertz CT molecular complexity index is 3180. The molecule has 266 valence electrons. The molecule has 2 atom stereocenters. The summed E-state index contributed by atoms with van der Waals surface area (Å²) in [6.07, 6.45) is 0. The summed E-state index contributed by atoms with van der Waals surface area (Å²) in [6.45, 7) is 0. The molecule has 57 heavy (non-hydrogen) atoms. The zero-order chi connectivity index (χ0) is 37.5. The van der Waals surface area contributed by atoms with Crippen molar-refractivity contribution in [3.05, 3.63) is 240 Å². The van der Waals surface area contributed by atoms with Gasteiger partial charge in [-0.25, -0.2) is 0 Å². The van der Waals surface area contributed by atoms with Gasteiger partial charge in [-0.3, -0.25) is 0 Å². The molecule has 0 aliphatic heterocycles. The molecule has 12 rings (SSSR count). The van der Waals surface area contributed by atoms with E-state index in [0.29, 0.717) is 0 Å². The normalized spacial score (nSPS) is 15.0. The highest BCUT2D eigenvalue weighted by atomic mass is 16.3. The summed E-state index contributed by atoms with van der Waals surface area (Å²) in [5.41, 5.74) is 22.6. The van der Waals surface area contributed by atoms with Gasteiger partial charge in [-0.15, -0.1) is 0 Å². The van der Waals surface area contributed by atoms with Crippen molar-refractivity contribution in [1.29, 1.82) is 0 Å². The van der Waals surface area contributed by atoms with Crippen LogP contribution in [0.2, 0.25) is 0 Å². The predicted molar refractivity (Wildman–Crippen MR) is 236 cm³/mol. The van der Waals surface area contributed by atoms with Crippen molar-refractivity contribution >= 4 is 21.9 Å². The van der Waals surface area contributed by atoms with Crippen LogP contribution in [0, 0.1) is 0 Å². The summed E-state index contributed by atoms with van der Waals surface area (Å²) >= 11 is 0. The van der Waals surface area contributed by atoms with E-state index in [-0.39, 0.29) is 11.8 Å². The van der Waals surface area contributed by atoms with Crippen LogP contribution in [0.4, 0.5) is 0 Å². The first-order valence-corrected chi connectivity index (χ1v) is 19.9. The molecule has 0 bridgehead atoms. The lowest BCUT2D eigenvalue weighted by Gasteiger charge is -2.17. The SMILES string of the molecule is c1ccc(-c2cccc(C3c4ccccc4-c4cc(-c5ccc6c(c5)-c5ccccc5C6c5ccc(-c6cccc7oc8ccccc8c67)cc5)ccc43)c2)cc1. The smallest absolute Gasteiger partial charge is 0.136 e. The molecule has 2 unspecified atom stereocenters. The van der Waals surface area contributed by atoms with Crippen LogP contribution in [0.5, 0.6) is 0 Å². The first-order valence-electron chi connectivity index (χ1n) is 19.9. The van der Waals surface area contributed by atoms with E-state index in [1.165, 1.54) is 94.4 Å². The van der Waals surface area contributed by atoms with Gasteiger partial charge in [0.1, 0.15) is 11.2 Å². The van der Waals surface area contributed by atoms with E-state index in [0.717, 1.165) is 16.6 Å². The lowest BCUT2D eigenvalue weighted by Crippen LogP contribution is -1.99. The molecule has 0 saturated carbocycles. The number of hydrogen-bond acceptors (Lipinski definition) is 1. The Labute approximate surface area is 332 Å². The summed E-state index contributed by atoms with van der Waals surface area (Å²) in [5.74, 6) is 0.365. The lowest BCUT2D eigenvalue weighted by molar-refractivity contribution is 0.669. The molecule has 9 aromatic carbocycles. The van der Waals surface area contributed by atoms with Crippen molar-refractivity contribution in [3.8, 4) is 55.6 Å². The molecule has 10 aromatic rings. The average molecular weight is 725 g/mol. The van der Waals surface area contributed by atoms with Gasteiger partial charge in [0.2, 0.25) is 0 Å². The molecule has 0 saturated heterocycles. The molecule has 0 amide bonds. The zero-order valence-corrected chi connectivity index (χ0v) is 31.2. The minimum atomic E-state index is 0.171. The minimum Gasteiger partial charge on any atom is -0.456 e. The van der Waals surface area contributed by atoms with E-state index >= 15 is 0 Å². The van der Waals surface area contributed by atoms with Gasteiger partial charge in [-0.1, -0.05) is 182 Å². The molecule has 0 N–H and O–H groups in total. The van der Waals surface area contributed by atoms with Gasteiger partial charge >= 0.3 is 0 Å². The van der Waals surface area contributed by atoms with Crippen molar-refractivity contribution < 1.29 is 4.42 Å². The Hall–Kier alpha value is -7.22. The fraction of sp³-hybridized carbons (Fsp3) is 0.0357. The third-order valence-corrected chi connectivity index (χ3v) is 12.5. The Balaban J connectivity index is 0.914. The summed E-state index contributed by atoms with van der Waals surface area (Å²) < 4.78 is 6.22. The van der Waals surface area contributed by atoms with Gasteiger partial charge in [0, 0.05) is 22.6 Å². The fourth-order valence-electron chi connectivity index (χ4n) is 9.88. The molecule has 1 heterocycles. The molecule has 1 heteroatoms. The van der Waals surface area contributed by atoms with Crippen LogP contribution in [0.3, 0.4) is 0 Å². The van der Waals surface area contributed by atoms with Crippen molar-refractivity contribution in [1.82, 2.24) is 0 Å². The molecule has 1 aromatic heterocycles. The van der Waals surface area contributed by atoms with Crippen LogP contribution < -0.4 is 0 Å². The van der Waals surface area contributed by atoms with Crippen LogP contribution in [-0.4, -0.2) is 0 Å². The van der Waals surface area contributed by atoms with Gasteiger partial charge in [-0.2, -0.15) is 0 Å². The highest BCUT2D eigenvalue weighted by Crippen LogP contribution is 2.52. The van der Waals surface area contributed by atoms with Crippen molar-refractivity contribution in [2.45, 2.75) is 11.8 Å². The summed E-state index contributed by atoms with van der Waals surface area (Å²) in [6, 6.07) is 75.9. The molecule has 1 nitrogen and oxygen atoms in total. The summed E-state index contributed by atoms with van der Waals surface area (Å²) in [7, 11) is 0. The first kappa shape index (κ1) is 32.1. The fourth-order valence-corrected chi connectivity index (χ4v) is 9.88. The van der Waals surface area contributed by atoms with Crippen molar-refractivity contribution in [2.75, 3.05) is 0 Å². The number of fused-ring (bicyclic) bond motifs is 9. The second-order valence-electron chi connectivity index (χ2n) is 15.5. The van der Waals surface area contributed by atoms with Gasteiger partial charge in [0.05, 0.1) is 0 Å². The van der Waals surface area contributed by atoms with Crippen LogP contribution in [0.25, 0.3) is 77.6 Å². The van der Waals surface area contributed by atoms with E-state index in [9.17, 15) is 0 Å². The Morgan fingerprint density at radius 2 is 0.789 bits per heavy atom. The van der Waals surface area contributed by atoms with E-state index < -0.39 is 0 Å². The van der Waals surface area contributed by atoms with Gasteiger partial charge in [-0.05, 0) is 113 Å². The lowest BCUT2D eigenvalue weighted by atomic mass is 9.86. The largest absolute Gasteiger partial charge is 0.456 e. The molecule has 0 fully saturated rings. The third kappa shape index (κ3) is 5.02. The third-order valence-electron chi connectivity index (χ3n) is 12.5. The topological polar surface area (TPSA) is 13.1 Å². The van der Waals surface area contributed by atoms with Crippen LogP contribution in [0.15, 0.2) is 211 Å². The zero-order valence-electron chi connectivity index (χ0n) is 31.2. The molecule has 2 aliphatic carbocycles. The first-order chi connectivity index (χ1) is 28.3. The van der Waals surface area contributed by atoms with Gasteiger partial charge < -0.3 is 4.42 Å². The molecular formula is C56H36O. The maximum atomic E-state index is 6.22. The number of hydrogen-bond donors (Lipinski definition) is 0. The second-order valence-corrected chi connectivity index (χ2v) is 15.5. The van der Waals surface area contributed by atoms with Gasteiger partial charge in [0.15, 0.2) is 0 Å². The van der Waals surface area contributed by atoms with Crippen LogP contribution >= 0.6 is 0 Å². The standard InChI is InChI=1S/C56H36O/c1-2-12-35(13-3-1)38-14-10-15-41(32-38)55-46-19-7-5-17-44(46)51-34-40(29-31-48(51)55)39-28-30-47-50(33-39)43-16-4-6-18-45(43)54(47)37-26-24-36(25-27-37)42-21-11-23-53-56(42)49-20-8-9-22-52(49)57-53/h1-34,54-55H. The predicted octanol–water partition coefficient (Wildman–Crippen LogP) is 14.9. The maximum Gasteiger partial charge on any atom is 0.136 e. The quantitative estimate of drug-likeness (QED) is 0.172. The highest BCUT2D eigenvalue weighted by Gasteiger charge is 2.32. The Kier molecular flexibility index (Phi) is 7.12.